The molecule has 5 nitrogen and oxygen atoms in total. The molecule has 0 N–H and O–H groups in total. The number of nitrogens with zero attached hydrogens (tertiary/aromatic N) is 2. The Hall–Kier alpha value is -2.17. The number of para-hydroxylation sites is 2. The Kier molecular flexibility index (Phi) is 3.61. The molecule has 0 saturated carbocycles. The summed E-state index contributed by atoms with van der Waals surface area (Å²) in [6.07, 6.45) is 0. The number of fused-ring (bicyclic) bond motifs is 1. The van der Waals surface area contributed by atoms with Crippen LogP contribution in [0.5, 0.6) is 0 Å². The molecule has 106 valence electrons. The first-order valence-electron chi connectivity index (χ1n) is 6.41. The zero-order valence-corrected chi connectivity index (χ0v) is 12.1. The molecule has 1 heterocycles. The molecule has 20 heavy (non-hydrogen) atoms. The number of carbonyl (C=O) groups excluding carboxylic acids is 1. The Morgan fingerprint density at radius 2 is 2.00 bits per heavy atom. The van der Waals surface area contributed by atoms with E-state index < -0.39 is 5.41 Å². The Morgan fingerprint density at radius 3 is 2.65 bits per heavy atom. The average molecular weight is 274 g/mol. The highest BCUT2D eigenvalue weighted by molar-refractivity contribution is 5.77. The van der Waals surface area contributed by atoms with Crippen LogP contribution in [0.1, 0.15) is 19.5 Å². The number of benzene rings is 1. The summed E-state index contributed by atoms with van der Waals surface area (Å²) in [6, 6.07) is 7.40. The van der Waals surface area contributed by atoms with E-state index in [2.05, 4.69) is 4.98 Å². The van der Waals surface area contributed by atoms with Crippen molar-refractivity contribution >= 4 is 17.0 Å². The van der Waals surface area contributed by atoms with Crippen LogP contribution in [0.2, 0.25) is 0 Å². The van der Waals surface area contributed by atoms with Gasteiger partial charge in [0.15, 0.2) is 0 Å². The summed E-state index contributed by atoms with van der Waals surface area (Å²) in [5.74, 6) is -0.344. The van der Waals surface area contributed by atoms with Gasteiger partial charge in [-0.3, -0.25) is 9.59 Å². The third-order valence-corrected chi connectivity index (χ3v) is 3.31. The molecular formula is C15H18N2O3. The predicted octanol–water partition coefficient (Wildman–Crippen LogP) is 1.90. The molecule has 0 atom stereocenters. The van der Waals surface area contributed by atoms with Crippen molar-refractivity contribution in [2.75, 3.05) is 7.11 Å². The predicted molar refractivity (Wildman–Crippen MR) is 76.5 cm³/mol. The molecule has 0 bridgehead atoms. The number of esters is 1. The Morgan fingerprint density at radius 1 is 1.35 bits per heavy atom. The summed E-state index contributed by atoms with van der Waals surface area (Å²) in [6.45, 7) is 5.45. The van der Waals surface area contributed by atoms with Crippen LogP contribution in [0.3, 0.4) is 0 Å². The first-order valence-corrected chi connectivity index (χ1v) is 6.41. The van der Waals surface area contributed by atoms with Gasteiger partial charge < -0.3 is 9.30 Å². The third kappa shape index (κ3) is 2.43. The molecule has 2 rings (SSSR count). The number of aromatic nitrogens is 2. The molecule has 0 aliphatic rings. The molecule has 0 amide bonds. The summed E-state index contributed by atoms with van der Waals surface area (Å²) in [7, 11) is 1.35. The van der Waals surface area contributed by atoms with Crippen molar-refractivity contribution in [3.05, 3.63) is 40.3 Å². The van der Waals surface area contributed by atoms with Gasteiger partial charge in [-0.05, 0) is 32.9 Å². The zero-order chi connectivity index (χ0) is 14.9. The molecule has 0 radical (unpaired) electrons. The summed E-state index contributed by atoms with van der Waals surface area (Å²) in [4.78, 5) is 28.4. The maximum absolute atomic E-state index is 12.3. The van der Waals surface area contributed by atoms with Gasteiger partial charge in [0.25, 0.3) is 5.56 Å². The van der Waals surface area contributed by atoms with E-state index in [4.69, 9.17) is 4.74 Å². The fraction of sp³-hybridized carbons (Fsp3) is 0.400. The van der Waals surface area contributed by atoms with E-state index >= 15 is 0 Å². The van der Waals surface area contributed by atoms with Crippen LogP contribution >= 0.6 is 0 Å². The normalized spacial score (nSPS) is 11.6. The van der Waals surface area contributed by atoms with E-state index in [1.807, 2.05) is 24.3 Å². The highest BCUT2D eigenvalue weighted by atomic mass is 16.5. The van der Waals surface area contributed by atoms with Crippen molar-refractivity contribution < 1.29 is 9.53 Å². The average Bonchev–Trinajstić information content (AvgIpc) is 2.42. The lowest BCUT2D eigenvalue weighted by Crippen LogP contribution is -2.36. The fourth-order valence-electron chi connectivity index (χ4n) is 2.21. The minimum absolute atomic E-state index is 0.180. The van der Waals surface area contributed by atoms with Gasteiger partial charge in [0.05, 0.1) is 23.6 Å². The lowest BCUT2D eigenvalue weighted by Gasteiger charge is -2.23. The highest BCUT2D eigenvalue weighted by Crippen LogP contribution is 2.21. The number of hydrogen-bond acceptors (Lipinski definition) is 4. The summed E-state index contributed by atoms with van der Waals surface area (Å²) >= 11 is 0. The minimum Gasteiger partial charge on any atom is -0.469 e. The van der Waals surface area contributed by atoms with Gasteiger partial charge in [-0.25, -0.2) is 4.98 Å². The van der Waals surface area contributed by atoms with Gasteiger partial charge in [0.2, 0.25) is 0 Å². The minimum atomic E-state index is -0.783. The van der Waals surface area contributed by atoms with Crippen molar-refractivity contribution in [3.8, 4) is 0 Å². The smallest absolute Gasteiger partial charge is 0.313 e. The second-order valence-electron chi connectivity index (χ2n) is 5.45. The summed E-state index contributed by atoms with van der Waals surface area (Å²) in [5, 5.41) is 0. The monoisotopic (exact) mass is 274 g/mol. The number of rotatable bonds is 3. The molecule has 0 unspecified atom stereocenters. The van der Waals surface area contributed by atoms with Crippen LogP contribution < -0.4 is 5.56 Å². The third-order valence-electron chi connectivity index (χ3n) is 3.31. The van der Waals surface area contributed by atoms with Gasteiger partial charge >= 0.3 is 5.97 Å². The molecule has 0 spiro atoms. The topological polar surface area (TPSA) is 61.2 Å². The van der Waals surface area contributed by atoms with Crippen molar-refractivity contribution in [1.82, 2.24) is 9.55 Å². The quantitative estimate of drug-likeness (QED) is 0.802. The van der Waals surface area contributed by atoms with Gasteiger partial charge in [-0.2, -0.15) is 0 Å². The number of aryl methyl sites for hydroxylation is 1. The molecular weight excluding hydrogens is 256 g/mol. The van der Waals surface area contributed by atoms with E-state index in [0.717, 1.165) is 11.0 Å². The number of hydrogen-bond donors (Lipinski definition) is 0. The number of ether oxygens (including phenoxy) is 1. The Bertz CT molecular complexity index is 717. The van der Waals surface area contributed by atoms with Crippen molar-refractivity contribution in [2.45, 2.75) is 27.3 Å². The molecule has 2 aromatic rings. The van der Waals surface area contributed by atoms with Gasteiger partial charge in [0, 0.05) is 6.54 Å². The van der Waals surface area contributed by atoms with E-state index in [9.17, 15) is 9.59 Å². The van der Waals surface area contributed by atoms with Crippen molar-refractivity contribution in [3.63, 3.8) is 0 Å². The lowest BCUT2D eigenvalue weighted by atomic mass is 9.93. The molecule has 0 aliphatic heterocycles. The van der Waals surface area contributed by atoms with Crippen LogP contribution in [0.15, 0.2) is 29.1 Å². The van der Waals surface area contributed by atoms with E-state index in [-0.39, 0.29) is 18.1 Å². The highest BCUT2D eigenvalue weighted by Gasteiger charge is 2.30. The van der Waals surface area contributed by atoms with Crippen LogP contribution in [-0.4, -0.2) is 22.6 Å². The van der Waals surface area contributed by atoms with Crippen LogP contribution in [-0.2, 0) is 16.1 Å². The maximum atomic E-state index is 12.3. The summed E-state index contributed by atoms with van der Waals surface area (Å²) in [5.41, 5.74) is 0.921. The van der Waals surface area contributed by atoms with Gasteiger partial charge in [0.1, 0.15) is 5.69 Å². The fourth-order valence-corrected chi connectivity index (χ4v) is 2.21. The van der Waals surface area contributed by atoms with Crippen molar-refractivity contribution in [2.24, 2.45) is 5.41 Å². The zero-order valence-electron chi connectivity index (χ0n) is 12.1. The second-order valence-corrected chi connectivity index (χ2v) is 5.45. The van der Waals surface area contributed by atoms with Crippen LogP contribution in [0.4, 0.5) is 0 Å². The van der Waals surface area contributed by atoms with E-state index in [0.29, 0.717) is 5.69 Å². The maximum Gasteiger partial charge on any atom is 0.313 e. The van der Waals surface area contributed by atoms with E-state index in [1.54, 1.807) is 25.3 Å². The number of carbonyl (C=O) groups is 1. The molecule has 0 fully saturated rings. The molecule has 0 aliphatic carbocycles. The van der Waals surface area contributed by atoms with Crippen LogP contribution in [0, 0.1) is 12.3 Å². The SMILES string of the molecule is COC(=O)C(C)(C)Cn1c(=O)c(C)nc2ccccc21. The molecule has 1 aromatic carbocycles. The second kappa shape index (κ2) is 5.07. The Balaban J connectivity index is 2.62. The van der Waals surface area contributed by atoms with Crippen molar-refractivity contribution in [1.29, 1.82) is 0 Å². The van der Waals surface area contributed by atoms with Gasteiger partial charge in [-0.15, -0.1) is 0 Å². The first-order chi connectivity index (χ1) is 9.36. The number of methoxy groups -OCH3 is 1. The van der Waals surface area contributed by atoms with Gasteiger partial charge in [-0.1, -0.05) is 12.1 Å². The molecule has 5 heteroatoms. The first kappa shape index (κ1) is 14.2. The lowest BCUT2D eigenvalue weighted by molar-refractivity contribution is -0.151. The molecule has 0 saturated heterocycles. The Labute approximate surface area is 117 Å². The summed E-state index contributed by atoms with van der Waals surface area (Å²) < 4.78 is 6.39. The largest absolute Gasteiger partial charge is 0.469 e. The van der Waals surface area contributed by atoms with E-state index in [1.165, 1.54) is 7.11 Å². The molecule has 1 aromatic heterocycles. The standard InChI is InChI=1S/C15H18N2O3/c1-10-13(18)17(9-15(2,3)14(19)20-4)12-8-6-5-7-11(12)16-10/h5-8H,9H2,1-4H3. The van der Waals surface area contributed by atoms with Crippen LogP contribution in [0.25, 0.3) is 11.0 Å².